The van der Waals surface area contributed by atoms with Crippen LogP contribution in [0.5, 0.6) is 11.5 Å². The molecule has 1 N–H and O–H groups in total. The number of carbonyl (C=O) groups is 1. The number of aliphatic hydroxyl groups excluding tert-OH is 1. The van der Waals surface area contributed by atoms with E-state index in [2.05, 4.69) is 5.10 Å². The number of hydrazone groups is 1. The van der Waals surface area contributed by atoms with Crippen LogP contribution in [0.25, 0.3) is 0 Å². The molecule has 0 radical (unpaired) electrons. The predicted octanol–water partition coefficient (Wildman–Crippen LogP) is 4.46. The number of ether oxygens (including phenoxy) is 2. The molecule has 3 aromatic carbocycles. The van der Waals surface area contributed by atoms with Gasteiger partial charge in [0.15, 0.2) is 11.5 Å². The number of amides is 1. The van der Waals surface area contributed by atoms with Gasteiger partial charge in [0.05, 0.1) is 13.7 Å². The molecule has 32 heavy (non-hydrogen) atoms. The summed E-state index contributed by atoms with van der Waals surface area (Å²) in [5, 5.41) is 15.2. The van der Waals surface area contributed by atoms with Crippen LogP contribution in [0.1, 0.15) is 26.9 Å². The lowest BCUT2D eigenvalue weighted by Crippen LogP contribution is -2.26. The molecule has 1 aliphatic rings. The lowest BCUT2D eigenvalue weighted by molar-refractivity contribution is 0.0747. The van der Waals surface area contributed by atoms with Gasteiger partial charge < -0.3 is 14.6 Å². The molecule has 8 heteroatoms. The van der Waals surface area contributed by atoms with Crippen LogP contribution >= 0.6 is 11.8 Å². The summed E-state index contributed by atoms with van der Waals surface area (Å²) in [7, 11) is 1.52. The minimum atomic E-state index is -0.532. The lowest BCUT2D eigenvalue weighted by Gasteiger charge is -2.24. The second kappa shape index (κ2) is 9.84. The Balaban J connectivity index is 1.76. The molecule has 1 heterocycles. The van der Waals surface area contributed by atoms with Crippen molar-refractivity contribution < 1.29 is 23.8 Å². The van der Waals surface area contributed by atoms with Gasteiger partial charge in [-0.1, -0.05) is 42.1 Å². The van der Waals surface area contributed by atoms with Crippen molar-refractivity contribution in [2.24, 2.45) is 5.10 Å². The van der Waals surface area contributed by atoms with Crippen LogP contribution in [0.4, 0.5) is 4.39 Å². The average Bonchev–Trinajstić information content (AvgIpc) is 3.28. The van der Waals surface area contributed by atoms with Crippen molar-refractivity contribution >= 4 is 22.7 Å². The molecular formula is C24H21FN2O4S. The monoisotopic (exact) mass is 452 g/mol. The maximum Gasteiger partial charge on any atom is 0.275 e. The highest BCUT2D eigenvalue weighted by Crippen LogP contribution is 2.47. The van der Waals surface area contributed by atoms with Crippen LogP contribution in [0.2, 0.25) is 0 Å². The van der Waals surface area contributed by atoms with E-state index in [0.717, 1.165) is 0 Å². The van der Waals surface area contributed by atoms with E-state index >= 15 is 0 Å². The summed E-state index contributed by atoms with van der Waals surface area (Å²) < 4.78 is 24.7. The SMILES string of the molecule is COc1c(OCCO)cccc1C1SC(c2ccc(F)cc2)=NN1C(=O)c1ccccc1. The number of benzene rings is 3. The van der Waals surface area contributed by atoms with Gasteiger partial charge in [-0.2, -0.15) is 5.10 Å². The maximum atomic E-state index is 13.4. The first-order chi connectivity index (χ1) is 15.6. The minimum Gasteiger partial charge on any atom is -0.492 e. The standard InChI is InChI=1S/C24H21FN2O4S/c1-30-21-19(8-5-9-20(21)31-15-14-28)24-27(23(29)17-6-3-2-4-7-17)26-22(32-24)16-10-12-18(25)13-11-16/h2-13,24,28H,14-15H2,1H3. The van der Waals surface area contributed by atoms with Gasteiger partial charge in [-0.25, -0.2) is 9.40 Å². The van der Waals surface area contributed by atoms with E-state index in [-0.39, 0.29) is 24.9 Å². The Morgan fingerprint density at radius 1 is 1.09 bits per heavy atom. The largest absolute Gasteiger partial charge is 0.492 e. The molecule has 0 spiro atoms. The van der Waals surface area contributed by atoms with Gasteiger partial charge in [0, 0.05) is 16.7 Å². The van der Waals surface area contributed by atoms with Crippen molar-refractivity contribution in [2.45, 2.75) is 5.37 Å². The highest BCUT2D eigenvalue weighted by Gasteiger charge is 2.37. The van der Waals surface area contributed by atoms with E-state index in [1.165, 1.54) is 36.0 Å². The summed E-state index contributed by atoms with van der Waals surface area (Å²) in [4.78, 5) is 13.4. The van der Waals surface area contributed by atoms with E-state index in [1.807, 2.05) is 12.1 Å². The van der Waals surface area contributed by atoms with Crippen LogP contribution < -0.4 is 9.47 Å². The van der Waals surface area contributed by atoms with Gasteiger partial charge >= 0.3 is 0 Å². The van der Waals surface area contributed by atoms with E-state index in [1.54, 1.807) is 48.5 Å². The number of methoxy groups -OCH3 is 1. The Morgan fingerprint density at radius 3 is 2.53 bits per heavy atom. The number of para-hydroxylation sites is 1. The minimum absolute atomic E-state index is 0.113. The fourth-order valence-electron chi connectivity index (χ4n) is 3.32. The Bertz CT molecular complexity index is 1120. The van der Waals surface area contributed by atoms with Gasteiger partial charge in [0.2, 0.25) is 0 Å². The zero-order valence-electron chi connectivity index (χ0n) is 17.3. The smallest absolute Gasteiger partial charge is 0.275 e. The highest BCUT2D eigenvalue weighted by molar-refractivity contribution is 8.14. The van der Waals surface area contributed by atoms with Crippen LogP contribution in [-0.2, 0) is 0 Å². The molecule has 1 unspecified atom stereocenters. The zero-order chi connectivity index (χ0) is 22.5. The summed E-state index contributed by atoms with van der Waals surface area (Å²) >= 11 is 1.36. The number of rotatable bonds is 7. The van der Waals surface area contributed by atoms with Gasteiger partial charge in [-0.05, 0) is 42.5 Å². The summed E-state index contributed by atoms with van der Waals surface area (Å²) in [5.74, 6) is 0.298. The maximum absolute atomic E-state index is 13.4. The van der Waals surface area contributed by atoms with Crippen molar-refractivity contribution in [1.82, 2.24) is 5.01 Å². The second-order valence-electron chi connectivity index (χ2n) is 6.85. The van der Waals surface area contributed by atoms with E-state index in [0.29, 0.717) is 33.2 Å². The van der Waals surface area contributed by atoms with Crippen molar-refractivity contribution in [1.29, 1.82) is 0 Å². The normalized spacial score (nSPS) is 15.4. The molecular weight excluding hydrogens is 431 g/mol. The summed E-state index contributed by atoms with van der Waals surface area (Å²) in [6.07, 6.45) is 0. The summed E-state index contributed by atoms with van der Waals surface area (Å²) in [6.45, 7) is -0.0242. The molecule has 1 amide bonds. The van der Waals surface area contributed by atoms with E-state index in [9.17, 15) is 9.18 Å². The first-order valence-electron chi connectivity index (χ1n) is 9.92. The number of aliphatic hydroxyl groups is 1. The molecule has 6 nitrogen and oxygen atoms in total. The Labute approximate surface area is 189 Å². The van der Waals surface area contributed by atoms with Crippen LogP contribution in [0.3, 0.4) is 0 Å². The number of halogens is 1. The molecule has 3 aromatic rings. The quantitative estimate of drug-likeness (QED) is 0.573. The van der Waals surface area contributed by atoms with Crippen LogP contribution in [0.15, 0.2) is 77.9 Å². The fourth-order valence-corrected chi connectivity index (χ4v) is 4.50. The Hall–Kier alpha value is -3.36. The number of thioether (sulfide) groups is 1. The number of nitrogens with zero attached hydrogens (tertiary/aromatic N) is 2. The number of hydrogen-bond donors (Lipinski definition) is 1. The average molecular weight is 453 g/mol. The van der Waals surface area contributed by atoms with E-state index in [4.69, 9.17) is 14.6 Å². The van der Waals surface area contributed by atoms with Crippen LogP contribution in [-0.4, -0.2) is 41.4 Å². The van der Waals surface area contributed by atoms with E-state index < -0.39 is 5.37 Å². The van der Waals surface area contributed by atoms with Crippen molar-refractivity contribution in [2.75, 3.05) is 20.3 Å². The fraction of sp³-hybridized carbons (Fsp3) is 0.167. The molecule has 0 aliphatic carbocycles. The van der Waals surface area contributed by atoms with Crippen LogP contribution in [0, 0.1) is 5.82 Å². The molecule has 4 rings (SSSR count). The first kappa shape index (κ1) is 21.9. The molecule has 0 bridgehead atoms. The molecule has 1 aliphatic heterocycles. The summed E-state index contributed by atoms with van der Waals surface area (Å²) in [5.41, 5.74) is 1.89. The topological polar surface area (TPSA) is 71.4 Å². The highest BCUT2D eigenvalue weighted by atomic mass is 32.2. The zero-order valence-corrected chi connectivity index (χ0v) is 18.1. The lowest BCUT2D eigenvalue weighted by atomic mass is 10.1. The van der Waals surface area contributed by atoms with Crippen molar-refractivity contribution in [3.05, 3.63) is 95.3 Å². The van der Waals surface area contributed by atoms with Gasteiger partial charge in [0.1, 0.15) is 22.8 Å². The number of carbonyl (C=O) groups excluding carboxylic acids is 1. The first-order valence-corrected chi connectivity index (χ1v) is 10.8. The van der Waals surface area contributed by atoms with Gasteiger partial charge in [-0.3, -0.25) is 4.79 Å². The molecule has 164 valence electrons. The Kier molecular flexibility index (Phi) is 6.72. The predicted molar refractivity (Wildman–Crippen MR) is 121 cm³/mol. The van der Waals surface area contributed by atoms with Crippen molar-refractivity contribution in [3.63, 3.8) is 0 Å². The molecule has 0 aromatic heterocycles. The molecule has 1 atom stereocenters. The van der Waals surface area contributed by atoms with Gasteiger partial charge in [0.25, 0.3) is 5.91 Å². The second-order valence-corrected chi connectivity index (χ2v) is 7.92. The third kappa shape index (κ3) is 4.46. The molecule has 0 saturated carbocycles. The van der Waals surface area contributed by atoms with Gasteiger partial charge in [-0.15, -0.1) is 0 Å². The third-order valence-corrected chi connectivity index (χ3v) is 6.01. The summed E-state index contributed by atoms with van der Waals surface area (Å²) in [6, 6.07) is 20.2. The number of hydrogen-bond acceptors (Lipinski definition) is 6. The molecule has 0 fully saturated rings. The molecule has 0 saturated heterocycles. The van der Waals surface area contributed by atoms with Crippen molar-refractivity contribution in [3.8, 4) is 11.5 Å². The third-order valence-electron chi connectivity index (χ3n) is 4.79. The Morgan fingerprint density at radius 2 is 1.84 bits per heavy atom.